The Morgan fingerprint density at radius 2 is 2.00 bits per heavy atom. The standard InChI is InChI=1S/C19H25N5O5/c1-5-16(25)24-10-6-9-23(11-14(24)18-20-12(2)22-29-18)19(26)13-7-8-15(27-3)21-17(13)28-4/h7-8,14H,5-6,9-11H2,1-4H3. The molecule has 3 rings (SSSR count). The summed E-state index contributed by atoms with van der Waals surface area (Å²) in [4.78, 5) is 37.6. The number of carbonyl (C=O) groups is 2. The third-order valence-corrected chi connectivity index (χ3v) is 4.80. The predicted octanol–water partition coefficient (Wildman–Crippen LogP) is 1.62. The Bertz CT molecular complexity index is 884. The lowest BCUT2D eigenvalue weighted by molar-refractivity contribution is -0.133. The van der Waals surface area contributed by atoms with Crippen molar-refractivity contribution in [2.45, 2.75) is 32.7 Å². The number of aryl methyl sites for hydroxylation is 1. The third-order valence-electron chi connectivity index (χ3n) is 4.80. The molecular weight excluding hydrogens is 378 g/mol. The zero-order chi connectivity index (χ0) is 21.0. The molecule has 1 aliphatic heterocycles. The van der Waals surface area contributed by atoms with E-state index in [1.54, 1.807) is 35.8 Å². The van der Waals surface area contributed by atoms with Gasteiger partial charge in [-0.1, -0.05) is 12.1 Å². The van der Waals surface area contributed by atoms with E-state index in [9.17, 15) is 9.59 Å². The highest BCUT2D eigenvalue weighted by atomic mass is 16.5. The Balaban J connectivity index is 1.92. The molecule has 1 unspecified atom stereocenters. The average Bonchev–Trinajstić information content (AvgIpc) is 3.05. The van der Waals surface area contributed by atoms with Crippen LogP contribution in [0.3, 0.4) is 0 Å². The molecule has 3 heterocycles. The first-order valence-corrected chi connectivity index (χ1v) is 9.46. The fraction of sp³-hybridized carbons (Fsp3) is 0.526. The zero-order valence-corrected chi connectivity index (χ0v) is 17.0. The van der Waals surface area contributed by atoms with Gasteiger partial charge in [0.05, 0.1) is 20.8 Å². The van der Waals surface area contributed by atoms with Crippen LogP contribution in [0.2, 0.25) is 0 Å². The Kier molecular flexibility index (Phi) is 6.30. The van der Waals surface area contributed by atoms with Crippen molar-refractivity contribution < 1.29 is 23.6 Å². The monoisotopic (exact) mass is 403 g/mol. The molecule has 1 aliphatic rings. The molecule has 1 saturated heterocycles. The summed E-state index contributed by atoms with van der Waals surface area (Å²) in [6, 6.07) is 2.73. The number of methoxy groups -OCH3 is 2. The SMILES string of the molecule is CCC(=O)N1CCCN(C(=O)c2ccc(OC)nc2OC)CC1c1nc(C)no1. The lowest BCUT2D eigenvalue weighted by atomic mass is 10.2. The van der Waals surface area contributed by atoms with Gasteiger partial charge in [-0.05, 0) is 19.4 Å². The van der Waals surface area contributed by atoms with E-state index in [1.807, 2.05) is 0 Å². The summed E-state index contributed by atoms with van der Waals surface area (Å²) in [5, 5.41) is 3.85. The maximum Gasteiger partial charge on any atom is 0.259 e. The highest BCUT2D eigenvalue weighted by Crippen LogP contribution is 2.28. The molecule has 1 atom stereocenters. The van der Waals surface area contributed by atoms with E-state index < -0.39 is 6.04 Å². The predicted molar refractivity (Wildman–Crippen MR) is 102 cm³/mol. The van der Waals surface area contributed by atoms with Gasteiger partial charge in [-0.25, -0.2) is 0 Å². The number of pyridine rings is 1. The highest BCUT2D eigenvalue weighted by molar-refractivity contribution is 5.96. The van der Waals surface area contributed by atoms with Gasteiger partial charge < -0.3 is 23.8 Å². The minimum absolute atomic E-state index is 0.0242. The minimum Gasteiger partial charge on any atom is -0.481 e. The lowest BCUT2D eigenvalue weighted by Gasteiger charge is -2.29. The third kappa shape index (κ3) is 4.30. The van der Waals surface area contributed by atoms with E-state index >= 15 is 0 Å². The highest BCUT2D eigenvalue weighted by Gasteiger charge is 2.35. The van der Waals surface area contributed by atoms with Crippen LogP contribution in [0.25, 0.3) is 0 Å². The van der Waals surface area contributed by atoms with E-state index in [1.165, 1.54) is 14.2 Å². The molecule has 156 valence electrons. The molecule has 2 amide bonds. The van der Waals surface area contributed by atoms with Crippen molar-refractivity contribution in [3.63, 3.8) is 0 Å². The number of hydrogen-bond acceptors (Lipinski definition) is 8. The van der Waals surface area contributed by atoms with E-state index in [-0.39, 0.29) is 24.2 Å². The van der Waals surface area contributed by atoms with Crippen LogP contribution in [0.5, 0.6) is 11.8 Å². The summed E-state index contributed by atoms with van der Waals surface area (Å²) < 4.78 is 15.7. The Labute approximate surface area is 168 Å². The van der Waals surface area contributed by atoms with Gasteiger partial charge in [-0.3, -0.25) is 9.59 Å². The number of aromatic nitrogens is 3. The summed E-state index contributed by atoms with van der Waals surface area (Å²) in [5.41, 5.74) is 0.323. The molecule has 0 bridgehead atoms. The quantitative estimate of drug-likeness (QED) is 0.740. The maximum atomic E-state index is 13.3. The van der Waals surface area contributed by atoms with Crippen LogP contribution in [0.1, 0.15) is 47.9 Å². The molecule has 10 nitrogen and oxygen atoms in total. The number of nitrogens with zero attached hydrogens (tertiary/aromatic N) is 5. The van der Waals surface area contributed by atoms with Crippen LogP contribution in [0.15, 0.2) is 16.7 Å². The van der Waals surface area contributed by atoms with Gasteiger partial charge in [-0.2, -0.15) is 9.97 Å². The van der Waals surface area contributed by atoms with Crippen LogP contribution in [-0.4, -0.2) is 70.6 Å². The summed E-state index contributed by atoms with van der Waals surface area (Å²) in [6.45, 7) is 4.74. The molecule has 2 aromatic rings. The van der Waals surface area contributed by atoms with Crippen LogP contribution in [0, 0.1) is 6.92 Å². The number of hydrogen-bond donors (Lipinski definition) is 0. The normalized spacial score (nSPS) is 17.0. The lowest BCUT2D eigenvalue weighted by Crippen LogP contribution is -2.40. The first kappa shape index (κ1) is 20.6. The van der Waals surface area contributed by atoms with E-state index in [4.69, 9.17) is 14.0 Å². The molecule has 0 spiro atoms. The number of amides is 2. The molecule has 2 aromatic heterocycles. The summed E-state index contributed by atoms with van der Waals surface area (Å²) >= 11 is 0. The van der Waals surface area contributed by atoms with Crippen molar-refractivity contribution in [2.24, 2.45) is 0 Å². The smallest absolute Gasteiger partial charge is 0.259 e. The van der Waals surface area contributed by atoms with Crippen molar-refractivity contribution >= 4 is 11.8 Å². The second-order valence-electron chi connectivity index (χ2n) is 6.65. The second-order valence-corrected chi connectivity index (χ2v) is 6.65. The van der Waals surface area contributed by atoms with E-state index in [0.29, 0.717) is 49.1 Å². The average molecular weight is 403 g/mol. The number of rotatable bonds is 5. The first-order valence-electron chi connectivity index (χ1n) is 9.46. The van der Waals surface area contributed by atoms with Crippen molar-refractivity contribution in [1.82, 2.24) is 24.9 Å². The van der Waals surface area contributed by atoms with Gasteiger partial charge in [0, 0.05) is 25.6 Å². The van der Waals surface area contributed by atoms with Gasteiger partial charge in [0.2, 0.25) is 17.7 Å². The van der Waals surface area contributed by atoms with E-state index in [0.717, 1.165) is 0 Å². The summed E-state index contributed by atoms with van der Waals surface area (Å²) in [6.07, 6.45) is 0.987. The van der Waals surface area contributed by atoms with Crippen LogP contribution in [-0.2, 0) is 4.79 Å². The molecule has 0 aliphatic carbocycles. The Morgan fingerprint density at radius 3 is 2.62 bits per heavy atom. The van der Waals surface area contributed by atoms with Crippen molar-refractivity contribution in [2.75, 3.05) is 33.9 Å². The van der Waals surface area contributed by atoms with Crippen LogP contribution >= 0.6 is 0 Å². The van der Waals surface area contributed by atoms with Gasteiger partial charge in [0.25, 0.3) is 11.8 Å². The second kappa shape index (κ2) is 8.89. The van der Waals surface area contributed by atoms with Crippen molar-refractivity contribution in [3.05, 3.63) is 29.4 Å². The van der Waals surface area contributed by atoms with Crippen LogP contribution < -0.4 is 9.47 Å². The molecular formula is C19H25N5O5. The molecule has 10 heteroatoms. The molecule has 1 fully saturated rings. The van der Waals surface area contributed by atoms with Crippen molar-refractivity contribution in [3.8, 4) is 11.8 Å². The number of carbonyl (C=O) groups excluding carboxylic acids is 2. The molecule has 29 heavy (non-hydrogen) atoms. The minimum atomic E-state index is -0.507. The number of ether oxygens (including phenoxy) is 2. The molecule has 0 saturated carbocycles. The van der Waals surface area contributed by atoms with Gasteiger partial charge in [0.15, 0.2) is 5.82 Å². The Hall–Kier alpha value is -3.17. The Morgan fingerprint density at radius 1 is 1.21 bits per heavy atom. The molecule has 0 N–H and O–H groups in total. The molecule has 0 aromatic carbocycles. The largest absolute Gasteiger partial charge is 0.481 e. The topological polar surface area (TPSA) is 111 Å². The van der Waals surface area contributed by atoms with Gasteiger partial charge in [0.1, 0.15) is 11.6 Å². The maximum absolute atomic E-state index is 13.3. The zero-order valence-electron chi connectivity index (χ0n) is 17.0. The van der Waals surface area contributed by atoms with Crippen LogP contribution in [0.4, 0.5) is 0 Å². The summed E-state index contributed by atoms with van der Waals surface area (Å²) in [7, 11) is 2.95. The van der Waals surface area contributed by atoms with Gasteiger partial charge in [-0.15, -0.1) is 0 Å². The van der Waals surface area contributed by atoms with Gasteiger partial charge >= 0.3 is 0 Å². The first-order chi connectivity index (χ1) is 14.0. The van der Waals surface area contributed by atoms with Crippen molar-refractivity contribution in [1.29, 1.82) is 0 Å². The summed E-state index contributed by atoms with van der Waals surface area (Å²) in [5.74, 6) is 1.07. The fourth-order valence-corrected chi connectivity index (χ4v) is 3.36. The molecule has 0 radical (unpaired) electrons. The van der Waals surface area contributed by atoms with E-state index in [2.05, 4.69) is 15.1 Å². The fourth-order valence-electron chi connectivity index (χ4n) is 3.36.